The van der Waals surface area contributed by atoms with Crippen molar-refractivity contribution in [1.29, 1.82) is 0 Å². The van der Waals surface area contributed by atoms with Gasteiger partial charge in [-0.05, 0) is 42.0 Å². The van der Waals surface area contributed by atoms with E-state index in [4.69, 9.17) is 23.9 Å². The van der Waals surface area contributed by atoms with Gasteiger partial charge in [0, 0.05) is 11.8 Å². The fourth-order valence-corrected chi connectivity index (χ4v) is 3.69. The largest absolute Gasteiger partial charge is 0.497 e. The minimum atomic E-state index is -0.296. The van der Waals surface area contributed by atoms with Crippen molar-refractivity contribution in [3.8, 4) is 23.0 Å². The molecule has 1 N–H and O–H groups in total. The summed E-state index contributed by atoms with van der Waals surface area (Å²) in [6.07, 6.45) is 1.73. The molecule has 0 aliphatic heterocycles. The van der Waals surface area contributed by atoms with Gasteiger partial charge in [0.2, 0.25) is 5.75 Å². The van der Waals surface area contributed by atoms with Gasteiger partial charge in [0.05, 0.1) is 41.5 Å². The summed E-state index contributed by atoms with van der Waals surface area (Å²) in [5, 5.41) is 2.94. The van der Waals surface area contributed by atoms with E-state index in [0.717, 1.165) is 22.5 Å². The molecule has 9 nitrogen and oxygen atoms in total. The molecule has 4 rings (SSSR count). The van der Waals surface area contributed by atoms with E-state index in [0.29, 0.717) is 35.2 Å². The van der Waals surface area contributed by atoms with Gasteiger partial charge in [0.1, 0.15) is 17.1 Å². The summed E-state index contributed by atoms with van der Waals surface area (Å²) >= 11 is 0. The maximum Gasteiger partial charge on any atom is 0.251 e. The average Bonchev–Trinajstić information content (AvgIpc) is 3.23. The van der Waals surface area contributed by atoms with Crippen LogP contribution < -0.4 is 24.3 Å². The van der Waals surface area contributed by atoms with Crippen LogP contribution in [0.25, 0.3) is 11.2 Å². The first-order valence-corrected chi connectivity index (χ1v) is 10.6. The summed E-state index contributed by atoms with van der Waals surface area (Å²) in [6.45, 7) is 0.759. The number of ether oxygens (including phenoxy) is 4. The van der Waals surface area contributed by atoms with Gasteiger partial charge in [-0.15, -0.1) is 0 Å². The normalized spacial score (nSPS) is 10.7. The number of hydrogen-bond donors (Lipinski definition) is 1. The molecule has 2 aromatic carbocycles. The van der Waals surface area contributed by atoms with Crippen LogP contribution in [0.1, 0.15) is 21.7 Å². The molecule has 1 amide bonds. The highest BCUT2D eigenvalue weighted by atomic mass is 16.5. The molecule has 176 valence electrons. The molecule has 0 unspecified atom stereocenters. The van der Waals surface area contributed by atoms with Crippen LogP contribution in [0.15, 0.2) is 54.7 Å². The van der Waals surface area contributed by atoms with Crippen molar-refractivity contribution in [2.24, 2.45) is 0 Å². The Labute approximate surface area is 197 Å². The number of benzene rings is 2. The second kappa shape index (κ2) is 10.1. The molecule has 0 atom stereocenters. The molecule has 4 aromatic rings. The van der Waals surface area contributed by atoms with E-state index in [9.17, 15) is 4.79 Å². The van der Waals surface area contributed by atoms with E-state index >= 15 is 0 Å². The quantitative estimate of drug-likeness (QED) is 0.407. The Morgan fingerprint density at radius 1 is 0.941 bits per heavy atom. The highest BCUT2D eigenvalue weighted by Gasteiger charge is 2.18. The molecule has 9 heteroatoms. The Morgan fingerprint density at radius 2 is 1.65 bits per heavy atom. The number of carbonyl (C=O) groups is 1. The van der Waals surface area contributed by atoms with E-state index in [2.05, 4.69) is 10.3 Å². The van der Waals surface area contributed by atoms with E-state index < -0.39 is 0 Å². The van der Waals surface area contributed by atoms with E-state index in [1.165, 1.54) is 21.3 Å². The molecule has 2 heterocycles. The lowest BCUT2D eigenvalue weighted by molar-refractivity contribution is 0.0948. The van der Waals surface area contributed by atoms with Crippen molar-refractivity contribution in [2.45, 2.75) is 13.1 Å². The first kappa shape index (κ1) is 22.9. The number of methoxy groups -OCH3 is 4. The smallest absolute Gasteiger partial charge is 0.251 e. The van der Waals surface area contributed by atoms with Crippen molar-refractivity contribution >= 4 is 17.1 Å². The van der Waals surface area contributed by atoms with Crippen LogP contribution in [-0.2, 0) is 13.1 Å². The van der Waals surface area contributed by atoms with Crippen molar-refractivity contribution < 1.29 is 23.7 Å². The highest BCUT2D eigenvalue weighted by Crippen LogP contribution is 2.38. The lowest BCUT2D eigenvalue weighted by Gasteiger charge is -2.14. The first-order chi connectivity index (χ1) is 16.6. The predicted octanol–water partition coefficient (Wildman–Crippen LogP) is 3.44. The number of amides is 1. The van der Waals surface area contributed by atoms with E-state index in [1.54, 1.807) is 25.4 Å². The lowest BCUT2D eigenvalue weighted by Crippen LogP contribution is -2.25. The summed E-state index contributed by atoms with van der Waals surface area (Å²) in [6, 6.07) is 14.8. The summed E-state index contributed by atoms with van der Waals surface area (Å²) in [5.74, 6) is 2.41. The van der Waals surface area contributed by atoms with Crippen molar-refractivity contribution in [2.75, 3.05) is 28.4 Å². The summed E-state index contributed by atoms with van der Waals surface area (Å²) in [5.41, 5.74) is 2.94. The van der Waals surface area contributed by atoms with Gasteiger partial charge < -0.3 is 28.8 Å². The van der Waals surface area contributed by atoms with Crippen molar-refractivity contribution in [3.05, 3.63) is 71.7 Å². The molecule has 0 radical (unpaired) electrons. The third-order valence-corrected chi connectivity index (χ3v) is 5.42. The van der Waals surface area contributed by atoms with Gasteiger partial charge in [0.15, 0.2) is 17.1 Å². The summed E-state index contributed by atoms with van der Waals surface area (Å²) in [7, 11) is 6.17. The van der Waals surface area contributed by atoms with Gasteiger partial charge in [-0.25, -0.2) is 9.97 Å². The zero-order valence-electron chi connectivity index (χ0n) is 19.5. The standard InChI is InChI=1S/C25H26N4O5/c1-31-18-9-7-16(8-10-18)15-29-22(28-19-6-5-11-26-24(19)29)14-27-25(30)17-12-20(32-2)23(34-4)21(13-17)33-3/h5-13H,14-15H2,1-4H3,(H,27,30). The van der Waals surface area contributed by atoms with Crippen molar-refractivity contribution in [3.63, 3.8) is 0 Å². The Hall–Kier alpha value is -4.27. The first-order valence-electron chi connectivity index (χ1n) is 10.6. The van der Waals surface area contributed by atoms with Crippen molar-refractivity contribution in [1.82, 2.24) is 19.9 Å². The monoisotopic (exact) mass is 462 g/mol. The molecule has 0 fully saturated rings. The third-order valence-electron chi connectivity index (χ3n) is 5.42. The van der Waals surface area contributed by atoms with Gasteiger partial charge in [-0.2, -0.15) is 0 Å². The van der Waals surface area contributed by atoms with Gasteiger partial charge in [-0.1, -0.05) is 12.1 Å². The van der Waals surface area contributed by atoms with Crippen LogP contribution >= 0.6 is 0 Å². The van der Waals surface area contributed by atoms with Crippen LogP contribution in [0.5, 0.6) is 23.0 Å². The molecule has 0 spiro atoms. The molecular formula is C25H26N4O5. The lowest BCUT2D eigenvalue weighted by atomic mass is 10.1. The molecule has 0 saturated heterocycles. The number of pyridine rings is 1. The van der Waals surface area contributed by atoms with E-state index in [-0.39, 0.29) is 12.5 Å². The molecule has 2 aromatic heterocycles. The molecule has 0 aliphatic rings. The molecule has 34 heavy (non-hydrogen) atoms. The molecule has 0 bridgehead atoms. The summed E-state index contributed by atoms with van der Waals surface area (Å²) < 4.78 is 23.3. The minimum Gasteiger partial charge on any atom is -0.497 e. The molecular weight excluding hydrogens is 436 g/mol. The Kier molecular flexibility index (Phi) is 6.82. The van der Waals surface area contributed by atoms with E-state index in [1.807, 2.05) is 41.0 Å². The van der Waals surface area contributed by atoms with Crippen LogP contribution in [0.2, 0.25) is 0 Å². The third kappa shape index (κ3) is 4.59. The molecule has 0 saturated carbocycles. The zero-order valence-corrected chi connectivity index (χ0v) is 19.5. The number of nitrogens with zero attached hydrogens (tertiary/aromatic N) is 3. The minimum absolute atomic E-state index is 0.210. The fourth-order valence-electron chi connectivity index (χ4n) is 3.69. The van der Waals surface area contributed by atoms with Gasteiger partial charge in [-0.3, -0.25) is 4.79 Å². The number of rotatable bonds is 9. The number of imidazole rings is 1. The zero-order chi connectivity index (χ0) is 24.1. The number of fused-ring (bicyclic) bond motifs is 1. The second-order valence-corrected chi connectivity index (χ2v) is 7.41. The Bertz CT molecular complexity index is 1280. The molecule has 0 aliphatic carbocycles. The van der Waals surface area contributed by atoms with Crippen LogP contribution in [0, 0.1) is 0 Å². The summed E-state index contributed by atoms with van der Waals surface area (Å²) in [4.78, 5) is 22.2. The number of aromatic nitrogens is 3. The number of carbonyl (C=O) groups excluding carboxylic acids is 1. The van der Waals surface area contributed by atoms with Crippen LogP contribution in [-0.4, -0.2) is 48.9 Å². The van der Waals surface area contributed by atoms with Gasteiger partial charge >= 0.3 is 0 Å². The van der Waals surface area contributed by atoms with Crippen LogP contribution in [0.3, 0.4) is 0 Å². The second-order valence-electron chi connectivity index (χ2n) is 7.41. The highest BCUT2D eigenvalue weighted by molar-refractivity contribution is 5.95. The van der Waals surface area contributed by atoms with Gasteiger partial charge in [0.25, 0.3) is 5.91 Å². The number of hydrogen-bond acceptors (Lipinski definition) is 7. The maximum atomic E-state index is 13.0. The number of nitrogens with one attached hydrogen (secondary N) is 1. The Morgan fingerprint density at radius 3 is 2.26 bits per heavy atom. The maximum absolute atomic E-state index is 13.0. The fraction of sp³-hybridized carbons (Fsp3) is 0.240. The topological polar surface area (TPSA) is 96.7 Å². The van der Waals surface area contributed by atoms with Crippen LogP contribution in [0.4, 0.5) is 0 Å². The average molecular weight is 463 g/mol. The SMILES string of the molecule is COc1ccc(Cn2c(CNC(=O)c3cc(OC)c(OC)c(OC)c3)nc3cccnc32)cc1. The predicted molar refractivity (Wildman–Crippen MR) is 127 cm³/mol. The Balaban J connectivity index is 1.60.